The molecule has 0 fully saturated rings. The van der Waals surface area contributed by atoms with E-state index in [0.29, 0.717) is 16.5 Å². The molecule has 0 saturated heterocycles. The number of aromatic carboxylic acids is 1. The van der Waals surface area contributed by atoms with Crippen molar-refractivity contribution in [1.82, 2.24) is 0 Å². The van der Waals surface area contributed by atoms with Gasteiger partial charge in [-0.3, -0.25) is 10.1 Å². The van der Waals surface area contributed by atoms with Gasteiger partial charge in [0.15, 0.2) is 0 Å². The second-order valence-corrected chi connectivity index (χ2v) is 5.25. The average molecular weight is 279 g/mol. The number of carboxylic acids is 1. The Morgan fingerprint density at radius 3 is 2.79 bits per heavy atom. The van der Waals surface area contributed by atoms with Gasteiger partial charge in [-0.2, -0.15) is 0 Å². The number of fused-ring (bicyclic) bond motifs is 1. The van der Waals surface area contributed by atoms with Crippen LogP contribution in [0.3, 0.4) is 0 Å². The van der Waals surface area contributed by atoms with Gasteiger partial charge in [0, 0.05) is 11.5 Å². The van der Waals surface area contributed by atoms with Crippen LogP contribution in [0.1, 0.15) is 35.0 Å². The molecule has 0 amide bonds. The summed E-state index contributed by atoms with van der Waals surface area (Å²) < 4.78 is 0.455. The Morgan fingerprint density at radius 2 is 2.21 bits per heavy atom. The van der Waals surface area contributed by atoms with Gasteiger partial charge in [-0.05, 0) is 18.4 Å². The summed E-state index contributed by atoms with van der Waals surface area (Å²) in [7, 11) is 0. The lowest BCUT2D eigenvalue weighted by Crippen LogP contribution is -1.97. The first-order valence-corrected chi connectivity index (χ1v) is 6.80. The molecular formula is C13H13NO4S. The van der Waals surface area contributed by atoms with E-state index in [-0.39, 0.29) is 10.6 Å². The highest BCUT2D eigenvalue weighted by Crippen LogP contribution is 2.38. The second-order valence-electron chi connectivity index (χ2n) is 4.23. The molecule has 0 unspecified atom stereocenters. The van der Waals surface area contributed by atoms with E-state index in [1.165, 1.54) is 6.07 Å². The lowest BCUT2D eigenvalue weighted by molar-refractivity contribution is -0.382. The number of carbonyl (C=O) groups is 1. The molecule has 0 spiro atoms. The van der Waals surface area contributed by atoms with Crippen LogP contribution < -0.4 is 0 Å². The Morgan fingerprint density at radius 1 is 1.47 bits per heavy atom. The molecule has 5 nitrogen and oxygen atoms in total. The van der Waals surface area contributed by atoms with Gasteiger partial charge in [0.2, 0.25) is 0 Å². The number of hydrogen-bond acceptors (Lipinski definition) is 4. The van der Waals surface area contributed by atoms with Crippen molar-refractivity contribution >= 4 is 33.1 Å². The summed E-state index contributed by atoms with van der Waals surface area (Å²) in [6, 6.07) is 4.78. The van der Waals surface area contributed by atoms with Gasteiger partial charge >= 0.3 is 5.97 Å². The third-order valence-corrected chi connectivity index (χ3v) is 4.23. The van der Waals surface area contributed by atoms with Crippen LogP contribution in [0.15, 0.2) is 18.2 Å². The highest BCUT2D eigenvalue weighted by atomic mass is 32.1. The Labute approximate surface area is 113 Å². The highest BCUT2D eigenvalue weighted by molar-refractivity contribution is 7.21. The fourth-order valence-corrected chi connectivity index (χ4v) is 3.25. The number of benzene rings is 1. The first-order chi connectivity index (χ1) is 9.06. The molecule has 2 rings (SSSR count). The molecule has 1 heterocycles. The van der Waals surface area contributed by atoms with Gasteiger partial charge in [0.25, 0.3) is 5.69 Å². The number of thiophene rings is 1. The smallest absolute Gasteiger partial charge is 0.346 e. The quantitative estimate of drug-likeness (QED) is 0.665. The summed E-state index contributed by atoms with van der Waals surface area (Å²) in [5, 5.41) is 20.9. The fourth-order valence-electron chi connectivity index (χ4n) is 2.07. The van der Waals surface area contributed by atoms with Crippen LogP contribution in [-0.2, 0) is 6.42 Å². The molecule has 0 radical (unpaired) electrons. The number of hydrogen-bond donors (Lipinski definition) is 1. The minimum absolute atomic E-state index is 0.0206. The van der Waals surface area contributed by atoms with Crippen molar-refractivity contribution in [3.05, 3.63) is 38.8 Å². The fraction of sp³-hybridized carbons (Fsp3) is 0.308. The molecular weight excluding hydrogens is 266 g/mol. The molecule has 0 aliphatic rings. The predicted octanol–water partition coefficient (Wildman–Crippen LogP) is 3.85. The van der Waals surface area contributed by atoms with Crippen LogP contribution in [0.2, 0.25) is 0 Å². The molecule has 2 aromatic rings. The lowest BCUT2D eigenvalue weighted by atomic mass is 10.0. The lowest BCUT2D eigenvalue weighted by Gasteiger charge is -2.00. The second kappa shape index (κ2) is 5.36. The van der Waals surface area contributed by atoms with E-state index in [1.54, 1.807) is 12.1 Å². The van der Waals surface area contributed by atoms with Gasteiger partial charge in [-0.1, -0.05) is 25.5 Å². The molecule has 100 valence electrons. The van der Waals surface area contributed by atoms with E-state index < -0.39 is 10.9 Å². The van der Waals surface area contributed by atoms with E-state index in [1.807, 2.05) is 6.92 Å². The van der Waals surface area contributed by atoms with Crippen molar-refractivity contribution in [2.24, 2.45) is 0 Å². The summed E-state index contributed by atoms with van der Waals surface area (Å²) >= 11 is 0.996. The van der Waals surface area contributed by atoms with Crippen LogP contribution in [0.25, 0.3) is 10.1 Å². The molecule has 0 aliphatic heterocycles. The van der Waals surface area contributed by atoms with Crippen LogP contribution in [-0.4, -0.2) is 16.0 Å². The molecule has 0 saturated carbocycles. The van der Waals surface area contributed by atoms with Gasteiger partial charge in [0.1, 0.15) is 9.58 Å². The minimum atomic E-state index is -1.01. The van der Waals surface area contributed by atoms with E-state index >= 15 is 0 Å². The number of nitro benzene ring substituents is 1. The summed E-state index contributed by atoms with van der Waals surface area (Å²) in [5.41, 5.74) is 0.700. The zero-order valence-corrected chi connectivity index (χ0v) is 11.2. The zero-order valence-electron chi connectivity index (χ0n) is 10.4. The van der Waals surface area contributed by atoms with Crippen molar-refractivity contribution in [2.45, 2.75) is 26.2 Å². The summed E-state index contributed by atoms with van der Waals surface area (Å²) in [6.45, 7) is 2.03. The number of non-ortho nitro benzene ring substituents is 1. The number of nitro groups is 1. The van der Waals surface area contributed by atoms with Crippen LogP contribution in [0.5, 0.6) is 0 Å². The maximum absolute atomic E-state index is 11.3. The molecule has 1 aromatic carbocycles. The third kappa shape index (κ3) is 2.44. The molecule has 0 bridgehead atoms. The number of aryl methyl sites for hydroxylation is 1. The highest BCUT2D eigenvalue weighted by Gasteiger charge is 2.22. The maximum atomic E-state index is 11.3. The Hall–Kier alpha value is -1.95. The molecule has 1 N–H and O–H groups in total. The molecule has 0 atom stereocenters. The number of rotatable bonds is 5. The summed E-state index contributed by atoms with van der Waals surface area (Å²) in [6.07, 6.45) is 2.46. The Bertz CT molecular complexity index is 647. The Balaban J connectivity index is 2.69. The van der Waals surface area contributed by atoms with Gasteiger partial charge < -0.3 is 5.11 Å². The van der Waals surface area contributed by atoms with Crippen LogP contribution in [0.4, 0.5) is 5.69 Å². The van der Waals surface area contributed by atoms with Crippen LogP contribution >= 0.6 is 11.3 Å². The predicted molar refractivity (Wildman–Crippen MR) is 74.1 cm³/mol. The van der Waals surface area contributed by atoms with Gasteiger partial charge in [-0.15, -0.1) is 11.3 Å². The topological polar surface area (TPSA) is 80.4 Å². The van der Waals surface area contributed by atoms with Crippen molar-refractivity contribution in [3.8, 4) is 0 Å². The molecule has 0 aliphatic carbocycles. The molecule has 19 heavy (non-hydrogen) atoms. The molecule has 6 heteroatoms. The standard InChI is InChI=1S/C13H13NO4S/c1-2-3-5-9-8-6-4-7-10(14(17)18)11(8)19-12(9)13(15)16/h4,6-7H,2-3,5H2,1H3,(H,15,16). The van der Waals surface area contributed by atoms with Crippen LogP contribution in [0, 0.1) is 10.1 Å². The SMILES string of the molecule is CCCCc1c(C(=O)O)sc2c([N+](=O)[O-])cccc12. The average Bonchev–Trinajstić information content (AvgIpc) is 2.74. The summed E-state index contributed by atoms with van der Waals surface area (Å²) in [5.74, 6) is -1.01. The number of unbranched alkanes of at least 4 members (excludes halogenated alkanes) is 1. The molecule has 1 aromatic heterocycles. The minimum Gasteiger partial charge on any atom is -0.477 e. The Kier molecular flexibility index (Phi) is 3.80. The summed E-state index contributed by atoms with van der Waals surface area (Å²) in [4.78, 5) is 22.0. The third-order valence-electron chi connectivity index (χ3n) is 2.97. The largest absolute Gasteiger partial charge is 0.477 e. The van der Waals surface area contributed by atoms with Crippen molar-refractivity contribution in [3.63, 3.8) is 0 Å². The first-order valence-electron chi connectivity index (χ1n) is 5.98. The van der Waals surface area contributed by atoms with Crippen molar-refractivity contribution in [1.29, 1.82) is 0 Å². The van der Waals surface area contributed by atoms with E-state index in [2.05, 4.69) is 0 Å². The van der Waals surface area contributed by atoms with Gasteiger partial charge in [-0.25, -0.2) is 4.79 Å². The van der Waals surface area contributed by atoms with E-state index in [9.17, 15) is 20.0 Å². The van der Waals surface area contributed by atoms with E-state index in [4.69, 9.17) is 0 Å². The normalized spacial score (nSPS) is 10.8. The first kappa shape index (κ1) is 13.5. The van der Waals surface area contributed by atoms with Crippen molar-refractivity contribution in [2.75, 3.05) is 0 Å². The monoisotopic (exact) mass is 279 g/mol. The van der Waals surface area contributed by atoms with Crippen molar-refractivity contribution < 1.29 is 14.8 Å². The number of carboxylic acid groups (broad SMARTS) is 1. The van der Waals surface area contributed by atoms with Gasteiger partial charge in [0.05, 0.1) is 4.92 Å². The van der Waals surface area contributed by atoms with E-state index in [0.717, 1.165) is 29.7 Å². The zero-order chi connectivity index (χ0) is 14.0. The maximum Gasteiger partial charge on any atom is 0.346 e. The number of nitrogens with zero attached hydrogens (tertiary/aromatic N) is 1.